The number of aryl methyl sites for hydroxylation is 1. The number of aromatic amines is 1. The van der Waals surface area contributed by atoms with Gasteiger partial charge in [0.1, 0.15) is 11.6 Å². The summed E-state index contributed by atoms with van der Waals surface area (Å²) in [5, 5.41) is 7.87. The van der Waals surface area contributed by atoms with Gasteiger partial charge in [0, 0.05) is 41.4 Å². The number of rotatable bonds is 2. The lowest BCUT2D eigenvalue weighted by Gasteiger charge is -2.22. The summed E-state index contributed by atoms with van der Waals surface area (Å²) >= 11 is 0. The van der Waals surface area contributed by atoms with Crippen LogP contribution in [0, 0.1) is 0 Å². The monoisotopic (exact) mass is 324 g/mol. The minimum atomic E-state index is -0.318. The molecule has 0 spiro atoms. The highest BCUT2D eigenvalue weighted by atomic mass is 16.5. The molecule has 1 amide bonds. The van der Waals surface area contributed by atoms with Gasteiger partial charge in [-0.05, 0) is 24.3 Å². The van der Waals surface area contributed by atoms with Crippen molar-refractivity contribution >= 4 is 22.6 Å². The number of H-pyrrole nitrogens is 1. The average Bonchev–Trinajstić information content (AvgIpc) is 2.94. The van der Waals surface area contributed by atoms with E-state index in [0.29, 0.717) is 17.1 Å². The van der Waals surface area contributed by atoms with Crippen LogP contribution in [-0.4, -0.2) is 27.8 Å². The van der Waals surface area contributed by atoms with Gasteiger partial charge in [0.05, 0.1) is 13.3 Å². The molecule has 0 radical (unpaired) electrons. The third-order valence-corrected chi connectivity index (χ3v) is 4.45. The van der Waals surface area contributed by atoms with Crippen LogP contribution < -0.4 is 15.6 Å². The van der Waals surface area contributed by atoms with Gasteiger partial charge < -0.3 is 15.0 Å². The zero-order valence-corrected chi connectivity index (χ0v) is 13.3. The number of carbonyl (C=O) groups excluding carboxylic acids is 1. The highest BCUT2D eigenvalue weighted by Crippen LogP contribution is 2.36. The van der Waals surface area contributed by atoms with E-state index in [1.807, 2.05) is 18.2 Å². The Morgan fingerprint density at radius 2 is 2.08 bits per heavy atom. The number of pyridine rings is 1. The van der Waals surface area contributed by atoms with Gasteiger partial charge in [-0.3, -0.25) is 14.3 Å². The van der Waals surface area contributed by atoms with Crippen LogP contribution in [0.1, 0.15) is 23.5 Å². The average molecular weight is 324 g/mol. The van der Waals surface area contributed by atoms with Crippen molar-refractivity contribution in [2.45, 2.75) is 12.3 Å². The Hall–Kier alpha value is -3.09. The number of aromatic nitrogens is 3. The summed E-state index contributed by atoms with van der Waals surface area (Å²) in [5.74, 6) is 0.911. The van der Waals surface area contributed by atoms with Crippen LogP contribution in [0.5, 0.6) is 5.75 Å². The number of nitrogens with one attached hydrogen (secondary N) is 2. The summed E-state index contributed by atoms with van der Waals surface area (Å²) in [6.45, 7) is 0. The van der Waals surface area contributed by atoms with Crippen LogP contribution >= 0.6 is 0 Å². The second kappa shape index (κ2) is 5.23. The van der Waals surface area contributed by atoms with Gasteiger partial charge in [-0.15, -0.1) is 0 Å². The topological polar surface area (TPSA) is 89.0 Å². The maximum absolute atomic E-state index is 12.6. The zero-order chi connectivity index (χ0) is 16.8. The number of nitrogens with zero attached hydrogens (tertiary/aromatic N) is 2. The number of carbonyl (C=O) groups is 1. The molecular weight excluding hydrogens is 308 g/mol. The molecule has 3 heterocycles. The second-order valence-corrected chi connectivity index (χ2v) is 5.88. The maximum atomic E-state index is 12.6. The minimum Gasteiger partial charge on any atom is -0.497 e. The number of methoxy groups -OCH3 is 1. The van der Waals surface area contributed by atoms with E-state index in [-0.39, 0.29) is 23.8 Å². The molecule has 1 aliphatic heterocycles. The number of anilines is 1. The number of fused-ring (bicyclic) bond motifs is 2. The van der Waals surface area contributed by atoms with Crippen molar-refractivity contribution in [2.75, 3.05) is 12.4 Å². The molecule has 0 fully saturated rings. The molecule has 7 nitrogen and oxygen atoms in total. The quantitative estimate of drug-likeness (QED) is 0.751. The lowest BCUT2D eigenvalue weighted by atomic mass is 9.87. The van der Waals surface area contributed by atoms with Gasteiger partial charge in [0.25, 0.3) is 5.56 Å². The van der Waals surface area contributed by atoms with E-state index in [9.17, 15) is 9.59 Å². The summed E-state index contributed by atoms with van der Waals surface area (Å²) in [7, 11) is 3.36. The fourth-order valence-corrected chi connectivity index (χ4v) is 3.21. The first kappa shape index (κ1) is 14.5. The van der Waals surface area contributed by atoms with Crippen LogP contribution in [0.2, 0.25) is 0 Å². The first-order chi connectivity index (χ1) is 11.6. The molecule has 0 bridgehead atoms. The standard InChI is InChI=1S/C17H16N4O3/c1-21-16-13(8-18-21)11(7-15(22)20-16)12-6-9-5-10(24-2)3-4-14(9)19-17(12)23/h3-6,8,11H,7H2,1-2H3,(H,19,23)(H,20,22)/t11-/m1/s1. The van der Waals surface area contributed by atoms with Crippen molar-refractivity contribution in [3.05, 3.63) is 51.9 Å². The van der Waals surface area contributed by atoms with Crippen LogP contribution in [0.15, 0.2) is 35.3 Å². The molecule has 3 aromatic rings. The normalized spacial score (nSPS) is 16.8. The van der Waals surface area contributed by atoms with E-state index in [0.717, 1.165) is 16.5 Å². The van der Waals surface area contributed by atoms with Gasteiger partial charge in [0.2, 0.25) is 5.91 Å². The first-order valence-electron chi connectivity index (χ1n) is 7.59. The maximum Gasteiger partial charge on any atom is 0.252 e. The lowest BCUT2D eigenvalue weighted by molar-refractivity contribution is -0.116. The number of hydrogen-bond acceptors (Lipinski definition) is 4. The molecule has 7 heteroatoms. The van der Waals surface area contributed by atoms with Gasteiger partial charge in [-0.25, -0.2) is 0 Å². The summed E-state index contributed by atoms with van der Waals surface area (Å²) in [5.41, 5.74) is 1.95. The van der Waals surface area contributed by atoms with E-state index < -0.39 is 0 Å². The zero-order valence-electron chi connectivity index (χ0n) is 13.3. The Kier molecular flexibility index (Phi) is 3.16. The van der Waals surface area contributed by atoms with Crippen molar-refractivity contribution in [1.29, 1.82) is 0 Å². The molecular formula is C17H16N4O3. The Balaban J connectivity index is 1.91. The Labute approximate surface area is 137 Å². The smallest absolute Gasteiger partial charge is 0.252 e. The minimum absolute atomic E-state index is 0.124. The van der Waals surface area contributed by atoms with E-state index >= 15 is 0 Å². The van der Waals surface area contributed by atoms with Crippen molar-refractivity contribution in [3.63, 3.8) is 0 Å². The number of ether oxygens (including phenoxy) is 1. The summed E-state index contributed by atoms with van der Waals surface area (Å²) < 4.78 is 6.85. The van der Waals surface area contributed by atoms with E-state index in [1.54, 1.807) is 31.1 Å². The fourth-order valence-electron chi connectivity index (χ4n) is 3.21. The molecule has 1 aromatic carbocycles. The first-order valence-corrected chi connectivity index (χ1v) is 7.59. The molecule has 0 aliphatic carbocycles. The molecule has 122 valence electrons. The number of benzene rings is 1. The molecule has 24 heavy (non-hydrogen) atoms. The predicted molar refractivity (Wildman–Crippen MR) is 89.4 cm³/mol. The summed E-state index contributed by atoms with van der Waals surface area (Å²) in [6.07, 6.45) is 1.92. The summed E-state index contributed by atoms with van der Waals surface area (Å²) in [4.78, 5) is 27.5. The molecule has 0 unspecified atom stereocenters. The van der Waals surface area contributed by atoms with Crippen LogP contribution in [0.25, 0.3) is 10.9 Å². The molecule has 0 saturated heterocycles. The van der Waals surface area contributed by atoms with E-state index in [2.05, 4.69) is 15.4 Å². The highest BCUT2D eigenvalue weighted by molar-refractivity contribution is 5.94. The van der Waals surface area contributed by atoms with Crippen molar-refractivity contribution in [2.24, 2.45) is 7.05 Å². The number of amides is 1. The Morgan fingerprint density at radius 1 is 1.25 bits per heavy atom. The largest absolute Gasteiger partial charge is 0.497 e. The highest BCUT2D eigenvalue weighted by Gasteiger charge is 2.31. The predicted octanol–water partition coefficient (Wildman–Crippen LogP) is 1.74. The second-order valence-electron chi connectivity index (χ2n) is 5.88. The lowest BCUT2D eigenvalue weighted by Crippen LogP contribution is -2.27. The molecule has 0 saturated carbocycles. The molecule has 2 N–H and O–H groups in total. The van der Waals surface area contributed by atoms with Gasteiger partial charge in [-0.2, -0.15) is 5.10 Å². The third kappa shape index (κ3) is 2.17. The molecule has 1 atom stereocenters. The molecule has 2 aromatic heterocycles. The van der Waals surface area contributed by atoms with Gasteiger partial charge in [-0.1, -0.05) is 0 Å². The van der Waals surface area contributed by atoms with Crippen LogP contribution in [0.3, 0.4) is 0 Å². The molecule has 1 aliphatic rings. The van der Waals surface area contributed by atoms with Crippen molar-refractivity contribution < 1.29 is 9.53 Å². The van der Waals surface area contributed by atoms with Crippen LogP contribution in [0.4, 0.5) is 5.82 Å². The van der Waals surface area contributed by atoms with Gasteiger partial charge in [0.15, 0.2) is 0 Å². The van der Waals surface area contributed by atoms with Crippen molar-refractivity contribution in [3.8, 4) is 5.75 Å². The Morgan fingerprint density at radius 3 is 2.88 bits per heavy atom. The number of hydrogen-bond donors (Lipinski definition) is 2. The Bertz CT molecular complexity index is 1020. The van der Waals surface area contributed by atoms with E-state index in [4.69, 9.17) is 4.74 Å². The molecule has 4 rings (SSSR count). The van der Waals surface area contributed by atoms with Crippen LogP contribution in [-0.2, 0) is 11.8 Å². The fraction of sp³-hybridized carbons (Fsp3) is 0.235. The SMILES string of the molecule is COc1ccc2[nH]c(=O)c([C@H]3CC(=O)Nc4c3cnn4C)cc2c1. The van der Waals surface area contributed by atoms with Gasteiger partial charge >= 0.3 is 0 Å². The van der Waals surface area contributed by atoms with Crippen molar-refractivity contribution in [1.82, 2.24) is 14.8 Å². The van der Waals surface area contributed by atoms with E-state index in [1.165, 1.54) is 0 Å². The third-order valence-electron chi connectivity index (χ3n) is 4.45. The summed E-state index contributed by atoms with van der Waals surface area (Å²) in [6, 6.07) is 7.30.